The summed E-state index contributed by atoms with van der Waals surface area (Å²) in [5.41, 5.74) is 1.44. The first-order chi connectivity index (χ1) is 8.68. The Morgan fingerprint density at radius 3 is 2.89 bits per heavy atom. The van der Waals surface area contributed by atoms with Crippen LogP contribution in [0.1, 0.15) is 38.6 Å². The molecule has 2 aromatic rings. The van der Waals surface area contributed by atoms with Crippen LogP contribution >= 0.6 is 12.2 Å². The number of nitrogens with one attached hydrogen (secondary N) is 1. The molecule has 96 valence electrons. The van der Waals surface area contributed by atoms with E-state index in [1.54, 1.807) is 6.07 Å². The van der Waals surface area contributed by atoms with Crippen LogP contribution in [-0.4, -0.2) is 9.55 Å². The number of nitrogens with zero attached hydrogens (tertiary/aromatic N) is 1. The average Bonchev–Trinajstić information content (AvgIpc) is 2.68. The lowest BCUT2D eigenvalue weighted by atomic mass is 9.85. The predicted molar refractivity (Wildman–Crippen MR) is 73.7 cm³/mol. The van der Waals surface area contributed by atoms with Gasteiger partial charge in [-0.1, -0.05) is 25.8 Å². The molecule has 1 aromatic carbocycles. The molecule has 1 heterocycles. The van der Waals surface area contributed by atoms with Crippen molar-refractivity contribution in [1.82, 2.24) is 9.55 Å². The molecular formula is C14H17FN2S. The highest BCUT2D eigenvalue weighted by Gasteiger charge is 2.25. The highest BCUT2D eigenvalue weighted by Crippen LogP contribution is 2.36. The molecule has 2 nitrogen and oxygen atoms in total. The van der Waals surface area contributed by atoms with Crippen LogP contribution in [0.5, 0.6) is 0 Å². The predicted octanol–water partition coefficient (Wildman–Crippen LogP) is 4.59. The van der Waals surface area contributed by atoms with E-state index in [4.69, 9.17) is 12.2 Å². The molecule has 0 saturated heterocycles. The van der Waals surface area contributed by atoms with Gasteiger partial charge in [0.15, 0.2) is 4.77 Å². The Hall–Kier alpha value is -1.16. The van der Waals surface area contributed by atoms with Crippen molar-refractivity contribution >= 4 is 23.3 Å². The van der Waals surface area contributed by atoms with Gasteiger partial charge in [0.2, 0.25) is 0 Å². The zero-order valence-electron chi connectivity index (χ0n) is 10.4. The number of aromatic amines is 1. The fourth-order valence-electron chi connectivity index (χ4n) is 3.12. The number of benzene rings is 1. The van der Waals surface area contributed by atoms with Crippen LogP contribution in [0.4, 0.5) is 4.39 Å². The van der Waals surface area contributed by atoms with E-state index < -0.39 is 0 Å². The van der Waals surface area contributed by atoms with Gasteiger partial charge in [0.05, 0.1) is 5.52 Å². The highest BCUT2D eigenvalue weighted by molar-refractivity contribution is 7.71. The normalized spacial score (nSPS) is 24.6. The van der Waals surface area contributed by atoms with Gasteiger partial charge in [-0.05, 0) is 43.1 Å². The average molecular weight is 264 g/mol. The van der Waals surface area contributed by atoms with Crippen LogP contribution < -0.4 is 0 Å². The van der Waals surface area contributed by atoms with Gasteiger partial charge in [-0.25, -0.2) is 4.39 Å². The molecule has 2 unspecified atom stereocenters. The van der Waals surface area contributed by atoms with Crippen molar-refractivity contribution in [1.29, 1.82) is 0 Å². The fraction of sp³-hybridized carbons (Fsp3) is 0.500. The van der Waals surface area contributed by atoms with Crippen molar-refractivity contribution in [2.75, 3.05) is 0 Å². The van der Waals surface area contributed by atoms with Crippen molar-refractivity contribution in [3.8, 4) is 0 Å². The van der Waals surface area contributed by atoms with E-state index in [9.17, 15) is 4.39 Å². The molecule has 3 rings (SSSR count). The van der Waals surface area contributed by atoms with Crippen LogP contribution in [0.15, 0.2) is 18.2 Å². The van der Waals surface area contributed by atoms with Gasteiger partial charge in [-0.3, -0.25) is 0 Å². The summed E-state index contributed by atoms with van der Waals surface area (Å²) < 4.78 is 16.5. The summed E-state index contributed by atoms with van der Waals surface area (Å²) >= 11 is 5.39. The molecule has 1 aliphatic rings. The van der Waals surface area contributed by atoms with E-state index in [1.807, 2.05) is 6.07 Å². The Morgan fingerprint density at radius 2 is 2.11 bits per heavy atom. The van der Waals surface area contributed by atoms with E-state index in [2.05, 4.69) is 16.5 Å². The molecule has 1 saturated carbocycles. The van der Waals surface area contributed by atoms with Crippen molar-refractivity contribution in [2.24, 2.45) is 5.92 Å². The molecular weight excluding hydrogens is 247 g/mol. The Balaban J connectivity index is 2.19. The SMILES string of the molecule is CC1CCCCC1n1c(=S)[nH]c2c(F)cccc21. The Morgan fingerprint density at radius 1 is 1.33 bits per heavy atom. The quantitative estimate of drug-likeness (QED) is 0.747. The maximum atomic E-state index is 13.8. The van der Waals surface area contributed by atoms with Crippen molar-refractivity contribution < 1.29 is 4.39 Å². The molecule has 4 heteroatoms. The van der Waals surface area contributed by atoms with Crippen molar-refractivity contribution in [2.45, 2.75) is 38.6 Å². The zero-order chi connectivity index (χ0) is 12.7. The number of aromatic nitrogens is 2. The number of H-pyrrole nitrogens is 1. The zero-order valence-corrected chi connectivity index (χ0v) is 11.3. The minimum absolute atomic E-state index is 0.221. The van der Waals surface area contributed by atoms with Gasteiger partial charge >= 0.3 is 0 Å². The van der Waals surface area contributed by atoms with Crippen LogP contribution in [0.2, 0.25) is 0 Å². The third-order valence-corrected chi connectivity index (χ3v) is 4.40. The van der Waals surface area contributed by atoms with E-state index in [1.165, 1.54) is 25.3 Å². The number of hydrogen-bond acceptors (Lipinski definition) is 1. The number of imidazole rings is 1. The Kier molecular flexibility index (Phi) is 2.98. The second-order valence-electron chi connectivity index (χ2n) is 5.26. The highest BCUT2D eigenvalue weighted by atomic mass is 32.1. The second-order valence-corrected chi connectivity index (χ2v) is 5.65. The number of para-hydroxylation sites is 1. The summed E-state index contributed by atoms with van der Waals surface area (Å²) in [6.07, 6.45) is 4.90. The number of rotatable bonds is 1. The van der Waals surface area contributed by atoms with Crippen LogP contribution in [0.3, 0.4) is 0 Å². The molecule has 0 bridgehead atoms. The molecule has 2 atom stereocenters. The third-order valence-electron chi connectivity index (χ3n) is 4.10. The topological polar surface area (TPSA) is 20.7 Å². The van der Waals surface area contributed by atoms with E-state index >= 15 is 0 Å². The molecule has 1 fully saturated rings. The van der Waals surface area contributed by atoms with Gasteiger partial charge in [0.25, 0.3) is 0 Å². The Bertz CT molecular complexity index is 628. The molecule has 0 amide bonds. The largest absolute Gasteiger partial charge is 0.328 e. The van der Waals surface area contributed by atoms with Gasteiger partial charge in [-0.2, -0.15) is 0 Å². The smallest absolute Gasteiger partial charge is 0.178 e. The monoisotopic (exact) mass is 264 g/mol. The van der Waals surface area contributed by atoms with Crippen LogP contribution in [0, 0.1) is 16.5 Å². The van der Waals surface area contributed by atoms with Crippen LogP contribution in [-0.2, 0) is 0 Å². The van der Waals surface area contributed by atoms with E-state index in [0.717, 1.165) is 11.9 Å². The van der Waals surface area contributed by atoms with Crippen LogP contribution in [0.25, 0.3) is 11.0 Å². The summed E-state index contributed by atoms with van der Waals surface area (Å²) in [5.74, 6) is 0.383. The lowest BCUT2D eigenvalue weighted by Crippen LogP contribution is -2.21. The lowest BCUT2D eigenvalue weighted by molar-refractivity contribution is 0.260. The maximum absolute atomic E-state index is 13.8. The molecule has 18 heavy (non-hydrogen) atoms. The molecule has 1 N–H and O–H groups in total. The third kappa shape index (κ3) is 1.79. The molecule has 0 radical (unpaired) electrons. The number of fused-ring (bicyclic) bond motifs is 1. The number of hydrogen-bond donors (Lipinski definition) is 1. The van der Waals surface area contributed by atoms with Crippen molar-refractivity contribution in [3.05, 3.63) is 28.8 Å². The molecule has 1 aliphatic carbocycles. The maximum Gasteiger partial charge on any atom is 0.178 e. The molecule has 1 aromatic heterocycles. The lowest BCUT2D eigenvalue weighted by Gasteiger charge is -2.30. The summed E-state index contributed by atoms with van der Waals surface area (Å²) in [4.78, 5) is 3.02. The summed E-state index contributed by atoms with van der Waals surface area (Å²) in [6.45, 7) is 2.27. The van der Waals surface area contributed by atoms with Crippen molar-refractivity contribution in [3.63, 3.8) is 0 Å². The summed E-state index contributed by atoms with van der Waals surface area (Å²) in [6, 6.07) is 5.58. The number of halogens is 1. The van der Waals surface area contributed by atoms with E-state index in [-0.39, 0.29) is 5.82 Å². The minimum atomic E-state index is -0.221. The van der Waals surface area contributed by atoms with Gasteiger partial charge < -0.3 is 9.55 Å². The minimum Gasteiger partial charge on any atom is -0.328 e. The fourth-order valence-corrected chi connectivity index (χ4v) is 3.46. The second kappa shape index (κ2) is 4.50. The van der Waals surface area contributed by atoms with Gasteiger partial charge in [-0.15, -0.1) is 0 Å². The first kappa shape index (κ1) is 11.9. The van der Waals surface area contributed by atoms with Gasteiger partial charge in [0, 0.05) is 6.04 Å². The van der Waals surface area contributed by atoms with Gasteiger partial charge in [0.1, 0.15) is 11.3 Å². The summed E-state index contributed by atoms with van der Waals surface area (Å²) in [7, 11) is 0. The van der Waals surface area contributed by atoms with E-state index in [0.29, 0.717) is 22.2 Å². The summed E-state index contributed by atoms with van der Waals surface area (Å²) in [5, 5.41) is 0. The standard InChI is InChI=1S/C14H17FN2S/c1-9-5-2-3-7-11(9)17-12-8-4-6-10(15)13(12)16-14(17)18/h4,6,8-9,11H,2-3,5,7H2,1H3,(H,16,18). The molecule has 0 spiro atoms. The Labute approximate surface area is 111 Å². The first-order valence-corrected chi connectivity index (χ1v) is 6.98. The first-order valence-electron chi connectivity index (χ1n) is 6.57. The molecule has 0 aliphatic heterocycles.